The molecule has 0 aliphatic carbocycles. The molecule has 0 amide bonds. The van der Waals surface area contributed by atoms with Gasteiger partial charge in [0.1, 0.15) is 11.2 Å². The van der Waals surface area contributed by atoms with Crippen LogP contribution in [0.1, 0.15) is 0 Å². The lowest BCUT2D eigenvalue weighted by Crippen LogP contribution is -2.06. The van der Waals surface area contributed by atoms with Crippen molar-refractivity contribution >= 4 is 43.7 Å². The minimum Gasteiger partial charge on any atom is -0.456 e. The summed E-state index contributed by atoms with van der Waals surface area (Å²) in [5, 5.41) is 4.40. The second-order valence-corrected chi connectivity index (χ2v) is 10.9. The summed E-state index contributed by atoms with van der Waals surface area (Å²) < 4.78 is 8.46. The van der Waals surface area contributed by atoms with Gasteiger partial charge < -0.3 is 4.42 Å². The van der Waals surface area contributed by atoms with E-state index >= 15 is 0 Å². The highest BCUT2D eigenvalue weighted by atomic mass is 16.3. The number of benzene rings is 6. The average molecular weight is 565 g/mol. The molecule has 0 N–H and O–H groups in total. The first-order valence-electron chi connectivity index (χ1n) is 14.6. The Labute approximate surface area is 252 Å². The molecule has 6 aromatic carbocycles. The van der Waals surface area contributed by atoms with Gasteiger partial charge in [0.2, 0.25) is 5.95 Å². The van der Waals surface area contributed by atoms with Crippen LogP contribution in [0, 0.1) is 0 Å². The van der Waals surface area contributed by atoms with Gasteiger partial charge in [-0.25, -0.2) is 4.98 Å². The molecule has 3 heterocycles. The van der Waals surface area contributed by atoms with Gasteiger partial charge in [-0.3, -0.25) is 4.57 Å². The van der Waals surface area contributed by atoms with Crippen molar-refractivity contribution in [1.29, 1.82) is 0 Å². The van der Waals surface area contributed by atoms with Crippen molar-refractivity contribution < 1.29 is 4.42 Å². The Morgan fingerprint density at radius 2 is 0.977 bits per heavy atom. The van der Waals surface area contributed by atoms with E-state index in [2.05, 4.69) is 102 Å². The molecule has 0 aliphatic heterocycles. The minimum absolute atomic E-state index is 0.580. The first-order valence-corrected chi connectivity index (χ1v) is 14.6. The standard InChI is InChI=1S/C39H24N4O/c1-3-11-25(12-4-1)27-19-21-31-32-23-28(20-22-35(32)44-36(31)24-27)38-40-37(26-13-5-2-6-14-26)41-39(42-38)43-33-17-9-7-15-29(33)30-16-8-10-18-34(30)43/h1-24H. The summed E-state index contributed by atoms with van der Waals surface area (Å²) in [6, 6.07) is 49.8. The van der Waals surface area contributed by atoms with E-state index in [1.165, 1.54) is 0 Å². The van der Waals surface area contributed by atoms with Gasteiger partial charge in [0.15, 0.2) is 11.6 Å². The highest BCUT2D eigenvalue weighted by Gasteiger charge is 2.18. The highest BCUT2D eigenvalue weighted by molar-refractivity contribution is 6.09. The third-order valence-electron chi connectivity index (χ3n) is 8.27. The molecule has 206 valence electrons. The molecule has 0 saturated heterocycles. The molecule has 0 radical (unpaired) electrons. The smallest absolute Gasteiger partial charge is 0.238 e. The van der Waals surface area contributed by atoms with E-state index in [1.807, 2.05) is 48.5 Å². The third kappa shape index (κ3) is 3.91. The number of aromatic nitrogens is 4. The Morgan fingerprint density at radius 3 is 1.68 bits per heavy atom. The van der Waals surface area contributed by atoms with Gasteiger partial charge in [-0.2, -0.15) is 9.97 Å². The van der Waals surface area contributed by atoms with Crippen LogP contribution in [0.2, 0.25) is 0 Å². The average Bonchev–Trinajstić information content (AvgIpc) is 3.64. The normalized spacial score (nSPS) is 11.6. The van der Waals surface area contributed by atoms with E-state index in [0.717, 1.165) is 66.0 Å². The van der Waals surface area contributed by atoms with Crippen molar-refractivity contribution in [3.05, 3.63) is 146 Å². The minimum atomic E-state index is 0.580. The van der Waals surface area contributed by atoms with E-state index in [1.54, 1.807) is 0 Å². The lowest BCUT2D eigenvalue weighted by Gasteiger charge is -2.11. The van der Waals surface area contributed by atoms with E-state index in [9.17, 15) is 0 Å². The van der Waals surface area contributed by atoms with Crippen molar-refractivity contribution in [3.63, 3.8) is 0 Å². The molecule has 0 atom stereocenters. The van der Waals surface area contributed by atoms with E-state index in [-0.39, 0.29) is 0 Å². The van der Waals surface area contributed by atoms with Gasteiger partial charge >= 0.3 is 0 Å². The van der Waals surface area contributed by atoms with Crippen LogP contribution < -0.4 is 0 Å². The Balaban J connectivity index is 1.26. The zero-order valence-corrected chi connectivity index (χ0v) is 23.6. The number of nitrogens with zero attached hydrogens (tertiary/aromatic N) is 4. The predicted octanol–water partition coefficient (Wildman–Crippen LogP) is 9.87. The van der Waals surface area contributed by atoms with Crippen molar-refractivity contribution in [3.8, 4) is 39.9 Å². The van der Waals surface area contributed by atoms with Crippen LogP contribution in [0.15, 0.2) is 150 Å². The molecule has 0 spiro atoms. The Morgan fingerprint density at radius 1 is 0.386 bits per heavy atom. The fraction of sp³-hybridized carbons (Fsp3) is 0. The fourth-order valence-electron chi connectivity index (χ4n) is 6.17. The SMILES string of the molecule is c1ccc(-c2ccc3c(c2)oc2ccc(-c4nc(-c5ccccc5)nc(-n5c6ccccc6c6ccccc65)n4)cc23)cc1. The molecule has 0 aliphatic rings. The second-order valence-electron chi connectivity index (χ2n) is 10.9. The van der Waals surface area contributed by atoms with Crippen LogP contribution in [0.25, 0.3) is 83.6 Å². The van der Waals surface area contributed by atoms with Gasteiger partial charge in [0.05, 0.1) is 11.0 Å². The van der Waals surface area contributed by atoms with Crippen LogP contribution in [-0.2, 0) is 0 Å². The first kappa shape index (κ1) is 24.5. The van der Waals surface area contributed by atoms with Crippen LogP contribution >= 0.6 is 0 Å². The lowest BCUT2D eigenvalue weighted by molar-refractivity contribution is 0.669. The molecule has 3 aromatic heterocycles. The number of hydrogen-bond acceptors (Lipinski definition) is 4. The van der Waals surface area contributed by atoms with E-state index in [0.29, 0.717) is 17.6 Å². The van der Waals surface area contributed by atoms with Gasteiger partial charge in [0, 0.05) is 32.7 Å². The Bertz CT molecular complexity index is 2440. The maximum absolute atomic E-state index is 6.32. The van der Waals surface area contributed by atoms with Crippen LogP contribution in [0.4, 0.5) is 0 Å². The topological polar surface area (TPSA) is 56.7 Å². The quantitative estimate of drug-likeness (QED) is 0.213. The molecule has 5 nitrogen and oxygen atoms in total. The number of furan rings is 1. The van der Waals surface area contributed by atoms with Crippen LogP contribution in [0.3, 0.4) is 0 Å². The number of rotatable bonds is 4. The molecule has 9 rings (SSSR count). The van der Waals surface area contributed by atoms with E-state index < -0.39 is 0 Å². The second kappa shape index (κ2) is 9.75. The summed E-state index contributed by atoms with van der Waals surface area (Å²) >= 11 is 0. The van der Waals surface area contributed by atoms with Crippen molar-refractivity contribution in [1.82, 2.24) is 19.5 Å². The van der Waals surface area contributed by atoms with Crippen LogP contribution in [0.5, 0.6) is 0 Å². The molecular formula is C39H24N4O. The van der Waals surface area contributed by atoms with Crippen molar-refractivity contribution in [2.45, 2.75) is 0 Å². The van der Waals surface area contributed by atoms with Gasteiger partial charge in [-0.15, -0.1) is 0 Å². The maximum Gasteiger partial charge on any atom is 0.238 e. The number of hydrogen-bond donors (Lipinski definition) is 0. The summed E-state index contributed by atoms with van der Waals surface area (Å²) in [6.07, 6.45) is 0. The molecule has 0 saturated carbocycles. The highest BCUT2D eigenvalue weighted by Crippen LogP contribution is 2.36. The zero-order valence-electron chi connectivity index (χ0n) is 23.6. The number of para-hydroxylation sites is 2. The summed E-state index contributed by atoms with van der Waals surface area (Å²) in [4.78, 5) is 15.1. The summed E-state index contributed by atoms with van der Waals surface area (Å²) in [5.74, 6) is 1.81. The first-order chi connectivity index (χ1) is 21.8. The van der Waals surface area contributed by atoms with Crippen LogP contribution in [-0.4, -0.2) is 19.5 Å². The van der Waals surface area contributed by atoms with Gasteiger partial charge in [-0.05, 0) is 53.6 Å². The zero-order chi connectivity index (χ0) is 29.0. The molecule has 5 heteroatoms. The third-order valence-corrected chi connectivity index (χ3v) is 8.27. The molecule has 0 bridgehead atoms. The number of fused-ring (bicyclic) bond motifs is 6. The molecule has 0 unspecified atom stereocenters. The van der Waals surface area contributed by atoms with Gasteiger partial charge in [0.25, 0.3) is 0 Å². The summed E-state index contributed by atoms with van der Waals surface area (Å²) in [7, 11) is 0. The summed E-state index contributed by atoms with van der Waals surface area (Å²) in [6.45, 7) is 0. The Hall–Kier alpha value is -6.07. The summed E-state index contributed by atoms with van der Waals surface area (Å²) in [5.41, 5.74) is 7.89. The van der Waals surface area contributed by atoms with Crippen molar-refractivity contribution in [2.24, 2.45) is 0 Å². The predicted molar refractivity (Wildman–Crippen MR) is 178 cm³/mol. The Kier molecular flexibility index (Phi) is 5.43. The molecular weight excluding hydrogens is 540 g/mol. The van der Waals surface area contributed by atoms with E-state index in [4.69, 9.17) is 19.4 Å². The molecule has 9 aromatic rings. The molecule has 44 heavy (non-hydrogen) atoms. The monoisotopic (exact) mass is 564 g/mol. The lowest BCUT2D eigenvalue weighted by atomic mass is 10.0. The molecule has 0 fully saturated rings. The van der Waals surface area contributed by atoms with Gasteiger partial charge in [-0.1, -0.05) is 103 Å². The maximum atomic E-state index is 6.32. The largest absolute Gasteiger partial charge is 0.456 e. The fourth-order valence-corrected chi connectivity index (χ4v) is 6.17. The van der Waals surface area contributed by atoms with Crippen molar-refractivity contribution in [2.75, 3.05) is 0 Å².